The van der Waals surface area contributed by atoms with Gasteiger partial charge in [-0.3, -0.25) is 14.4 Å². The number of aromatic carboxylic acids is 4. The van der Waals surface area contributed by atoms with Gasteiger partial charge in [-0.2, -0.15) is 0 Å². The maximum atomic E-state index is 13.4. The molecule has 716 valence electrons. The molecule has 5 aliphatic rings. The van der Waals surface area contributed by atoms with Crippen molar-refractivity contribution in [2.45, 2.75) is 298 Å². The number of amides is 1. The number of anilines is 1. The number of carboxylic acid groups (broad SMARTS) is 4. The molecule has 0 heterocycles. The highest BCUT2D eigenvalue weighted by Crippen LogP contribution is 2.53. The van der Waals surface area contributed by atoms with E-state index in [4.69, 9.17) is 32.6 Å². The summed E-state index contributed by atoms with van der Waals surface area (Å²) in [6, 6.07) is 61.7. The molecule has 15 heteroatoms. The van der Waals surface area contributed by atoms with Gasteiger partial charge in [0.25, 0.3) is 5.91 Å². The lowest BCUT2D eigenvalue weighted by Gasteiger charge is -2.42. The predicted molar refractivity (Wildman–Crippen MR) is 558 cm³/mol. The molecule has 7 N–H and O–H groups in total. The van der Waals surface area contributed by atoms with Crippen LogP contribution in [0, 0.1) is 34.6 Å². The summed E-state index contributed by atoms with van der Waals surface area (Å²) < 4.78 is 0. The van der Waals surface area contributed by atoms with Crippen LogP contribution in [-0.2, 0) is 54.1 Å². The lowest BCUT2D eigenvalue weighted by Crippen LogP contribution is -2.34. The third-order valence-electron chi connectivity index (χ3n) is 30.7. The smallest absolute Gasteiger partial charge is 0.335 e. The van der Waals surface area contributed by atoms with Gasteiger partial charge in [-0.05, 0) is 379 Å². The SMILES string of the molecule is C=C(c1ccc(C(=O)O)cc1)c1cc2c(cc1C)C(C)(C)CCC2(C)C.Cc1cc2c(cc1C(=O)c1ccc(C(=O)Nc3ccc(O)cc3)cc1)C(C)(C)CCC2(C)C.Cc1cc2c(cc1C(=O)c1ccc(C(=O)O)cc1)C(C)(C)CCC2(C)C.Cc1cc2c(cc1C(=S)c1ccc(C(=O)O)cc1)C(C)(C)CCC2(C)C.Cc1cc2c(cc1C(O)c1ccc(C(=O)O)cc1)C(C)(C)CCC2(C)C. The lowest BCUT2D eigenvalue weighted by atomic mass is 9.62. The summed E-state index contributed by atoms with van der Waals surface area (Å²) in [7, 11) is 0. The molecule has 14 nitrogen and oxygen atoms in total. The zero-order valence-electron chi connectivity index (χ0n) is 84.9. The van der Waals surface area contributed by atoms with E-state index in [0.29, 0.717) is 39.1 Å². The molecule has 11 aromatic rings. The Kier molecular flexibility index (Phi) is 29.5. The number of carbonyl (C=O) groups excluding carboxylic acids is 3. The molecule has 5 aliphatic carbocycles. The second kappa shape index (κ2) is 38.9. The van der Waals surface area contributed by atoms with Crippen LogP contribution >= 0.6 is 12.2 Å². The summed E-state index contributed by atoms with van der Waals surface area (Å²) in [5.74, 6) is -3.99. The van der Waals surface area contributed by atoms with Gasteiger partial charge in [0.2, 0.25) is 0 Å². The first-order valence-electron chi connectivity index (χ1n) is 47.9. The van der Waals surface area contributed by atoms with Crippen molar-refractivity contribution in [3.05, 3.63) is 380 Å². The van der Waals surface area contributed by atoms with Gasteiger partial charge in [0.15, 0.2) is 11.6 Å². The summed E-state index contributed by atoms with van der Waals surface area (Å²) in [6.07, 6.45) is 10.7. The van der Waals surface area contributed by atoms with E-state index in [2.05, 4.69) is 225 Å². The van der Waals surface area contributed by atoms with Crippen LogP contribution in [-0.4, -0.2) is 76.9 Å². The Morgan fingerprint density at radius 3 is 0.818 bits per heavy atom. The van der Waals surface area contributed by atoms with Crippen LogP contribution in [0.2, 0.25) is 0 Å². The van der Waals surface area contributed by atoms with E-state index < -0.39 is 30.0 Å². The molecule has 0 aliphatic heterocycles. The summed E-state index contributed by atoms with van der Waals surface area (Å²) in [4.78, 5) is 84.0. The topological polar surface area (TPSA) is 253 Å². The van der Waals surface area contributed by atoms with Crippen LogP contribution in [0.3, 0.4) is 0 Å². The fourth-order valence-corrected chi connectivity index (χ4v) is 20.8. The molecule has 0 aromatic heterocycles. The number of rotatable bonds is 16. The molecular weight excluding hydrogens is 1720 g/mol. The number of nitrogens with one attached hydrogen (secondary N) is 1. The Hall–Kier alpha value is -12.3. The van der Waals surface area contributed by atoms with Crippen LogP contribution in [0.5, 0.6) is 5.75 Å². The zero-order chi connectivity index (χ0) is 101. The summed E-state index contributed by atoms with van der Waals surface area (Å²) in [5.41, 5.74) is 31.4. The molecule has 0 saturated carbocycles. The minimum Gasteiger partial charge on any atom is -0.508 e. The Morgan fingerprint density at radius 1 is 0.285 bits per heavy atom. The summed E-state index contributed by atoms with van der Waals surface area (Å²) >= 11 is 5.77. The number of aliphatic hydroxyl groups excluding tert-OH is 1. The fourth-order valence-electron chi connectivity index (χ4n) is 20.5. The Morgan fingerprint density at radius 2 is 0.511 bits per heavy atom. The molecule has 0 radical (unpaired) electrons. The number of benzene rings is 11. The minimum absolute atomic E-state index is 0.0278. The second-order valence-electron chi connectivity index (χ2n) is 45.5. The first kappa shape index (κ1) is 104. The van der Waals surface area contributed by atoms with E-state index in [1.165, 1.54) is 110 Å². The van der Waals surface area contributed by atoms with Crippen LogP contribution in [0.4, 0.5) is 5.69 Å². The number of phenols is 1. The molecule has 0 spiro atoms. The standard InChI is InChI=1S/C29H31NO3.C24H28O2.C23H28O3.C23H26O3.C23H26O2S/c1-18-16-24-25(29(4,5)15-14-28(24,2)3)17-23(18)26(32)19-6-8-20(9-7-19)27(33)30-21-10-12-22(31)13-11-21;1-15-13-20-21(24(5,6)12-11-23(20,3)4)14-19(15)16(2)17-7-9-18(10-8-17)22(25)26;2*1-14-12-18-19(23(4,5)11-10-22(18,2)3)13-17(14)20(24)15-6-8-16(9-7-15)21(25)26;1-14-12-18-19(23(4,5)11-10-22(18,2)3)13-17(14)20(26)15-6-8-16(9-7-15)21(24)25/h6-13,16-17,31H,14-15H2,1-5H3,(H,30,33);7-10,13-14H,2,11-12H2,1,3-6H3,(H,25,26);6-9,12-13,20,24H,10-11H2,1-5H3,(H,25,26);6-9,12-13H,10-11H2,1-5H3,(H,25,26);6-9,12-13H,10-11H2,1-5H3,(H,24,25). The van der Waals surface area contributed by atoms with Crippen molar-refractivity contribution in [1.82, 2.24) is 0 Å². The van der Waals surface area contributed by atoms with E-state index >= 15 is 0 Å². The fraction of sp³-hybridized carbons (Fsp3) is 0.377. The number of hydrogen-bond donors (Lipinski definition) is 7. The highest BCUT2D eigenvalue weighted by Gasteiger charge is 2.44. The van der Waals surface area contributed by atoms with E-state index in [0.717, 1.165) is 105 Å². The largest absolute Gasteiger partial charge is 0.508 e. The molecule has 0 saturated heterocycles. The highest BCUT2D eigenvalue weighted by atomic mass is 32.1. The molecule has 137 heavy (non-hydrogen) atoms. The Bertz CT molecular complexity index is 6210. The van der Waals surface area contributed by atoms with Gasteiger partial charge < -0.3 is 36.0 Å². The van der Waals surface area contributed by atoms with Gasteiger partial charge in [0.1, 0.15) is 11.9 Å². The van der Waals surface area contributed by atoms with Crippen molar-refractivity contribution < 1.29 is 64.2 Å². The van der Waals surface area contributed by atoms with Gasteiger partial charge in [-0.15, -0.1) is 0 Å². The molecule has 0 bridgehead atoms. The molecule has 0 fully saturated rings. The number of aromatic hydroxyl groups is 1. The maximum absolute atomic E-state index is 13.4. The summed E-state index contributed by atoms with van der Waals surface area (Å²) in [6.45, 7) is 60.4. The van der Waals surface area contributed by atoms with Crippen molar-refractivity contribution in [1.29, 1.82) is 0 Å². The first-order valence-corrected chi connectivity index (χ1v) is 48.3. The van der Waals surface area contributed by atoms with Crippen molar-refractivity contribution >= 4 is 69.7 Å². The Labute approximate surface area is 817 Å². The van der Waals surface area contributed by atoms with Gasteiger partial charge in [0.05, 0.1) is 27.1 Å². The number of carboxylic acids is 4. The molecule has 1 atom stereocenters. The van der Waals surface area contributed by atoms with Crippen LogP contribution in [0.15, 0.2) is 213 Å². The number of fused-ring (bicyclic) bond motifs is 5. The third-order valence-corrected chi connectivity index (χ3v) is 31.1. The van der Waals surface area contributed by atoms with Crippen LogP contribution in [0.25, 0.3) is 5.57 Å². The predicted octanol–water partition coefficient (Wildman–Crippen LogP) is 28.8. The van der Waals surface area contributed by atoms with Gasteiger partial charge in [-0.1, -0.05) is 260 Å². The third kappa shape index (κ3) is 22.3. The number of ketones is 2. The molecule has 1 unspecified atom stereocenters. The number of aliphatic hydroxyl groups is 1. The Balaban J connectivity index is 0.000000154. The first-order chi connectivity index (χ1) is 63.6. The molecule has 1 amide bonds. The molecule has 16 rings (SSSR count). The average molecular weight is 1860 g/mol. The lowest BCUT2D eigenvalue weighted by molar-refractivity contribution is 0.0686. The van der Waals surface area contributed by atoms with Gasteiger partial charge in [-0.25, -0.2) is 19.2 Å². The molecular formula is C122H139NO13S. The van der Waals surface area contributed by atoms with Crippen molar-refractivity contribution in [3.8, 4) is 5.75 Å². The second-order valence-corrected chi connectivity index (χ2v) is 45.9. The van der Waals surface area contributed by atoms with Crippen molar-refractivity contribution in [2.75, 3.05) is 5.32 Å². The number of aryl methyl sites for hydroxylation is 5. The van der Waals surface area contributed by atoms with Gasteiger partial charge in [0, 0.05) is 33.5 Å². The maximum Gasteiger partial charge on any atom is 0.335 e. The van der Waals surface area contributed by atoms with Crippen LogP contribution in [0.1, 0.15) is 409 Å². The normalized spacial score (nSPS) is 17.4. The van der Waals surface area contributed by atoms with Gasteiger partial charge >= 0.3 is 23.9 Å². The van der Waals surface area contributed by atoms with E-state index in [1.807, 2.05) is 32.9 Å². The quantitative estimate of drug-likeness (QED) is 0.0270. The van der Waals surface area contributed by atoms with Crippen LogP contribution < -0.4 is 5.32 Å². The highest BCUT2D eigenvalue weighted by molar-refractivity contribution is 7.81. The van der Waals surface area contributed by atoms with Crippen molar-refractivity contribution in [3.63, 3.8) is 0 Å². The number of carbonyl (C=O) groups is 7. The van der Waals surface area contributed by atoms with E-state index in [9.17, 15) is 43.8 Å². The van der Waals surface area contributed by atoms with Crippen molar-refractivity contribution in [2.24, 2.45) is 0 Å². The number of phenolic OH excluding ortho intramolecular Hbond substituents is 1. The zero-order valence-corrected chi connectivity index (χ0v) is 85.8. The molecule has 11 aromatic carbocycles. The minimum atomic E-state index is -0.988. The monoisotopic (exact) mass is 1860 g/mol. The number of thiocarbonyl (C=S) groups is 1. The number of hydrogen-bond acceptors (Lipinski definition) is 10. The van der Waals surface area contributed by atoms with E-state index in [1.54, 1.807) is 109 Å². The average Bonchev–Trinajstić information content (AvgIpc) is 0.765. The summed E-state index contributed by atoms with van der Waals surface area (Å²) in [5, 5.41) is 59.4. The van der Waals surface area contributed by atoms with E-state index in [-0.39, 0.29) is 94.1 Å².